The molecule has 3 fully saturated rings. The second kappa shape index (κ2) is 9.54. The number of nitrogens with zero attached hydrogens (tertiary/aromatic N) is 5. The monoisotopic (exact) mass is 548 g/mol. The molecule has 10 heteroatoms. The highest BCUT2D eigenvalue weighted by atomic mass is 19.1. The van der Waals surface area contributed by atoms with Crippen LogP contribution in [0.15, 0.2) is 12.1 Å². The van der Waals surface area contributed by atoms with E-state index in [1.807, 2.05) is 12.1 Å². The average Bonchev–Trinajstić information content (AvgIpc) is 3.45. The highest BCUT2D eigenvalue weighted by molar-refractivity contribution is 5.64. The van der Waals surface area contributed by atoms with Gasteiger partial charge in [0.05, 0.1) is 36.1 Å². The van der Waals surface area contributed by atoms with E-state index in [4.69, 9.17) is 25.2 Å². The number of nitrogens with two attached hydrogens (primary N) is 1. The highest BCUT2D eigenvalue weighted by Gasteiger charge is 2.50. The lowest BCUT2D eigenvalue weighted by molar-refractivity contribution is -0.0874. The summed E-state index contributed by atoms with van der Waals surface area (Å²) in [7, 11) is 0. The third-order valence-corrected chi connectivity index (χ3v) is 10.2. The molecule has 40 heavy (non-hydrogen) atoms. The third-order valence-electron chi connectivity index (χ3n) is 10.2. The van der Waals surface area contributed by atoms with Crippen LogP contribution >= 0.6 is 0 Å². The SMILES string of the molecule is C[C@H]1CC[C@]2(Cc3nc(OCC45CCCN4C[C@H](F)C5)nc(N4CC[C@H]4CO)c3CO2)c2c1ccc(N)c2C#N. The molecule has 0 radical (unpaired) electrons. The lowest BCUT2D eigenvalue weighted by Gasteiger charge is -2.46. The van der Waals surface area contributed by atoms with Gasteiger partial charge in [0.2, 0.25) is 0 Å². The number of halogens is 1. The summed E-state index contributed by atoms with van der Waals surface area (Å²) in [6.45, 7) is 5.03. The first-order valence-electron chi connectivity index (χ1n) is 14.6. The van der Waals surface area contributed by atoms with Gasteiger partial charge in [-0.25, -0.2) is 4.39 Å². The van der Waals surface area contributed by atoms with Crippen molar-refractivity contribution in [2.24, 2.45) is 0 Å². The number of aromatic nitrogens is 2. The van der Waals surface area contributed by atoms with Gasteiger partial charge in [-0.05, 0) is 56.2 Å². The summed E-state index contributed by atoms with van der Waals surface area (Å²) < 4.78 is 27.4. The molecule has 2 aromatic rings. The first-order valence-corrected chi connectivity index (χ1v) is 14.6. The normalized spacial score (nSPS) is 32.8. The number of benzene rings is 1. The zero-order valence-corrected chi connectivity index (χ0v) is 23.0. The molecule has 0 amide bonds. The van der Waals surface area contributed by atoms with Crippen LogP contribution in [0.4, 0.5) is 15.9 Å². The summed E-state index contributed by atoms with van der Waals surface area (Å²) in [6.07, 6.45) is 4.66. The van der Waals surface area contributed by atoms with Gasteiger partial charge in [0, 0.05) is 42.7 Å². The lowest BCUT2D eigenvalue weighted by Crippen LogP contribution is -2.51. The first kappa shape index (κ1) is 25.9. The number of anilines is 2. The van der Waals surface area contributed by atoms with E-state index < -0.39 is 11.8 Å². The fourth-order valence-corrected chi connectivity index (χ4v) is 7.89. The molecule has 5 aliphatic rings. The molecule has 3 N–H and O–H groups in total. The highest BCUT2D eigenvalue weighted by Crippen LogP contribution is 2.51. The van der Waals surface area contributed by atoms with E-state index in [-0.39, 0.29) is 24.2 Å². The summed E-state index contributed by atoms with van der Waals surface area (Å²) in [5.74, 6) is 1.04. The summed E-state index contributed by atoms with van der Waals surface area (Å²) in [5.41, 5.74) is 9.99. The van der Waals surface area contributed by atoms with Crippen LogP contribution in [0.3, 0.4) is 0 Å². The van der Waals surface area contributed by atoms with Crippen molar-refractivity contribution in [2.45, 2.75) is 87.7 Å². The predicted octanol–water partition coefficient (Wildman–Crippen LogP) is 3.32. The Morgan fingerprint density at radius 2 is 2.15 bits per heavy atom. The Morgan fingerprint density at radius 1 is 1.27 bits per heavy atom. The summed E-state index contributed by atoms with van der Waals surface area (Å²) in [4.78, 5) is 14.1. The fourth-order valence-electron chi connectivity index (χ4n) is 7.89. The smallest absolute Gasteiger partial charge is 0.318 e. The van der Waals surface area contributed by atoms with Crippen LogP contribution in [0.2, 0.25) is 0 Å². The first-order chi connectivity index (χ1) is 19.4. The van der Waals surface area contributed by atoms with Crippen LogP contribution in [0.1, 0.15) is 79.3 Å². The number of aliphatic hydroxyl groups is 1. The van der Waals surface area contributed by atoms with Crippen LogP contribution in [-0.4, -0.2) is 70.6 Å². The quantitative estimate of drug-likeness (QED) is 0.542. The van der Waals surface area contributed by atoms with E-state index in [0.717, 1.165) is 73.4 Å². The number of hydrogen-bond acceptors (Lipinski definition) is 9. The van der Waals surface area contributed by atoms with Crippen molar-refractivity contribution in [3.05, 3.63) is 40.1 Å². The Kier molecular flexibility index (Phi) is 6.18. The van der Waals surface area contributed by atoms with Crippen LogP contribution < -0.4 is 15.4 Å². The molecular weight excluding hydrogens is 511 g/mol. The van der Waals surface area contributed by atoms with E-state index in [2.05, 4.69) is 22.8 Å². The van der Waals surface area contributed by atoms with Crippen molar-refractivity contribution in [2.75, 3.05) is 43.5 Å². The minimum Gasteiger partial charge on any atom is -0.461 e. The van der Waals surface area contributed by atoms with Gasteiger partial charge in [-0.2, -0.15) is 15.2 Å². The van der Waals surface area contributed by atoms with E-state index in [9.17, 15) is 14.8 Å². The lowest BCUT2D eigenvalue weighted by atomic mass is 9.69. The molecule has 9 nitrogen and oxygen atoms in total. The Balaban J connectivity index is 1.27. The summed E-state index contributed by atoms with van der Waals surface area (Å²) in [5, 5.41) is 20.1. The van der Waals surface area contributed by atoms with Gasteiger partial charge >= 0.3 is 6.01 Å². The molecule has 0 saturated carbocycles. The van der Waals surface area contributed by atoms with Crippen molar-refractivity contribution in [3.8, 4) is 12.1 Å². The largest absolute Gasteiger partial charge is 0.461 e. The summed E-state index contributed by atoms with van der Waals surface area (Å²) in [6, 6.07) is 6.50. The Hall–Kier alpha value is -3.00. The molecule has 1 aromatic carbocycles. The molecule has 1 aliphatic carbocycles. The molecule has 0 bridgehead atoms. The topological polar surface area (TPSA) is 121 Å². The standard InChI is InChI=1S/C30H37FN6O3/c1-18-5-8-30(26-21(18)3-4-24(33)22(26)13-32)12-25-23(16-40-30)27(37-10-6-20(37)15-38)35-28(34-25)39-17-29-7-2-9-36(29)14-19(31)11-29/h3-4,18-20,38H,2,5-12,14-17,33H2,1H3/t18-,19+,20-,29?,30-/m0/s1. The predicted molar refractivity (Wildman–Crippen MR) is 147 cm³/mol. The number of ether oxygens (including phenoxy) is 2. The Bertz CT molecular complexity index is 1380. The zero-order valence-electron chi connectivity index (χ0n) is 23.0. The number of nitrogen functional groups attached to an aromatic ring is 1. The van der Waals surface area contributed by atoms with Crippen molar-refractivity contribution in [1.82, 2.24) is 14.9 Å². The number of alkyl halides is 1. The van der Waals surface area contributed by atoms with Gasteiger partial charge < -0.3 is 25.2 Å². The number of rotatable bonds is 5. The molecule has 1 aromatic heterocycles. The van der Waals surface area contributed by atoms with E-state index in [1.54, 1.807) is 0 Å². The van der Waals surface area contributed by atoms with Gasteiger partial charge in [0.25, 0.3) is 0 Å². The second-order valence-electron chi connectivity index (χ2n) is 12.4. The van der Waals surface area contributed by atoms with Crippen LogP contribution in [-0.2, 0) is 23.4 Å². The van der Waals surface area contributed by atoms with Crippen molar-refractivity contribution >= 4 is 11.5 Å². The van der Waals surface area contributed by atoms with E-state index >= 15 is 0 Å². The molecule has 212 valence electrons. The van der Waals surface area contributed by atoms with Crippen molar-refractivity contribution in [3.63, 3.8) is 0 Å². The molecular formula is C30H37FN6O3. The number of hydrogen-bond donors (Lipinski definition) is 2. The Morgan fingerprint density at radius 3 is 2.92 bits per heavy atom. The molecule has 5 atom stereocenters. The van der Waals surface area contributed by atoms with E-state index in [1.165, 1.54) is 0 Å². The molecule has 5 heterocycles. The van der Waals surface area contributed by atoms with Crippen LogP contribution in [0, 0.1) is 11.3 Å². The van der Waals surface area contributed by atoms with E-state index in [0.29, 0.717) is 49.8 Å². The minimum atomic E-state index is -0.831. The molecule has 1 unspecified atom stereocenters. The van der Waals surface area contributed by atoms with Gasteiger partial charge in [-0.15, -0.1) is 0 Å². The summed E-state index contributed by atoms with van der Waals surface area (Å²) >= 11 is 0. The van der Waals surface area contributed by atoms with Gasteiger partial charge in [0.1, 0.15) is 30.3 Å². The maximum atomic E-state index is 14.4. The third kappa shape index (κ3) is 3.89. The molecule has 1 spiro atoms. The van der Waals surface area contributed by atoms with Crippen LogP contribution in [0.5, 0.6) is 6.01 Å². The number of fused-ring (bicyclic) bond motifs is 4. The van der Waals surface area contributed by atoms with Gasteiger partial charge in [-0.3, -0.25) is 4.90 Å². The zero-order chi connectivity index (χ0) is 27.6. The second-order valence-corrected chi connectivity index (χ2v) is 12.4. The fraction of sp³-hybridized carbons (Fsp3) is 0.633. The minimum absolute atomic E-state index is 0.00460. The number of nitriles is 1. The molecule has 4 aliphatic heterocycles. The maximum absolute atomic E-state index is 14.4. The van der Waals surface area contributed by atoms with Crippen LogP contribution in [0.25, 0.3) is 0 Å². The molecule has 7 rings (SSSR count). The van der Waals surface area contributed by atoms with Crippen molar-refractivity contribution in [1.29, 1.82) is 5.26 Å². The maximum Gasteiger partial charge on any atom is 0.318 e. The van der Waals surface area contributed by atoms with Gasteiger partial charge in [0.15, 0.2) is 0 Å². The average molecular weight is 549 g/mol. The Labute approximate surface area is 234 Å². The molecule has 3 saturated heterocycles. The van der Waals surface area contributed by atoms with Gasteiger partial charge in [-0.1, -0.05) is 13.0 Å². The van der Waals surface area contributed by atoms with Crippen molar-refractivity contribution < 1.29 is 19.0 Å². The number of aliphatic hydroxyl groups excluding tert-OH is 1.